The summed E-state index contributed by atoms with van der Waals surface area (Å²) in [5.41, 5.74) is 1.71. The number of carbonyl (C=O) groups excluding carboxylic acids is 1. The van der Waals surface area contributed by atoms with E-state index in [1.807, 2.05) is 31.2 Å². The number of piperazine rings is 1. The second-order valence-corrected chi connectivity index (χ2v) is 14.3. The standard InChI is InChI=1S/C34H54N4O3S/c1-29(2)37-23-25-38(26-24-37)33-21-18-31(28-36-33)34(39)35-22-14-12-10-8-6-4-5-7-9-11-13-15-27-42(40,41)32-19-16-30(3)17-20-32/h16-21,28-29H,4-15,22-27H2,1-3H3,(H,35,39). The summed E-state index contributed by atoms with van der Waals surface area (Å²) in [6, 6.07) is 11.6. The molecule has 0 spiro atoms. The summed E-state index contributed by atoms with van der Waals surface area (Å²) in [6.07, 6.45) is 15.4. The zero-order valence-electron chi connectivity index (χ0n) is 26.3. The largest absolute Gasteiger partial charge is 0.354 e. The fraction of sp³-hybridized carbons (Fsp3) is 0.647. The lowest BCUT2D eigenvalue weighted by Crippen LogP contribution is -2.49. The Morgan fingerprint density at radius 2 is 1.33 bits per heavy atom. The van der Waals surface area contributed by atoms with Crippen molar-refractivity contribution in [3.8, 4) is 0 Å². The molecule has 2 heterocycles. The van der Waals surface area contributed by atoms with Gasteiger partial charge in [0.15, 0.2) is 9.84 Å². The summed E-state index contributed by atoms with van der Waals surface area (Å²) in [5, 5.41) is 3.04. The van der Waals surface area contributed by atoms with Gasteiger partial charge in [-0.2, -0.15) is 0 Å². The van der Waals surface area contributed by atoms with Gasteiger partial charge in [-0.15, -0.1) is 0 Å². The van der Waals surface area contributed by atoms with E-state index < -0.39 is 9.84 Å². The number of amides is 1. The van der Waals surface area contributed by atoms with Gasteiger partial charge in [0.1, 0.15) is 5.82 Å². The van der Waals surface area contributed by atoms with Crippen LogP contribution in [0.25, 0.3) is 0 Å². The van der Waals surface area contributed by atoms with Gasteiger partial charge in [0, 0.05) is 45.0 Å². The van der Waals surface area contributed by atoms with E-state index in [1.54, 1.807) is 18.3 Å². The van der Waals surface area contributed by atoms with Crippen LogP contribution in [-0.2, 0) is 9.84 Å². The molecule has 2 aromatic rings. The van der Waals surface area contributed by atoms with E-state index in [0.29, 0.717) is 23.0 Å². The molecule has 1 N–H and O–H groups in total. The van der Waals surface area contributed by atoms with E-state index in [2.05, 4.69) is 33.9 Å². The van der Waals surface area contributed by atoms with Crippen molar-refractivity contribution < 1.29 is 13.2 Å². The number of aromatic nitrogens is 1. The van der Waals surface area contributed by atoms with Crippen LogP contribution in [0, 0.1) is 6.92 Å². The van der Waals surface area contributed by atoms with Gasteiger partial charge in [-0.25, -0.2) is 13.4 Å². The quantitative estimate of drug-likeness (QED) is 0.179. The Bertz CT molecular complexity index is 1140. The van der Waals surface area contributed by atoms with E-state index in [4.69, 9.17) is 0 Å². The second kappa shape index (κ2) is 18.3. The summed E-state index contributed by atoms with van der Waals surface area (Å²) >= 11 is 0. The number of aryl methyl sites for hydroxylation is 1. The molecule has 3 rings (SSSR count). The van der Waals surface area contributed by atoms with E-state index in [9.17, 15) is 13.2 Å². The van der Waals surface area contributed by atoms with Crippen LogP contribution in [0.5, 0.6) is 0 Å². The maximum Gasteiger partial charge on any atom is 0.252 e. The molecule has 1 aliphatic rings. The van der Waals surface area contributed by atoms with Gasteiger partial charge in [0.05, 0.1) is 16.2 Å². The third-order valence-corrected chi connectivity index (χ3v) is 10.2. The highest BCUT2D eigenvalue weighted by molar-refractivity contribution is 7.91. The summed E-state index contributed by atoms with van der Waals surface area (Å²) in [6.45, 7) is 11.2. The van der Waals surface area contributed by atoms with Gasteiger partial charge in [-0.05, 0) is 57.9 Å². The minimum absolute atomic E-state index is 0.0356. The minimum Gasteiger partial charge on any atom is -0.354 e. The molecule has 1 fully saturated rings. The van der Waals surface area contributed by atoms with Crippen LogP contribution in [0.2, 0.25) is 0 Å². The third-order valence-electron chi connectivity index (χ3n) is 8.38. The van der Waals surface area contributed by atoms with Crippen molar-refractivity contribution in [2.45, 2.75) is 109 Å². The number of benzene rings is 1. The lowest BCUT2D eigenvalue weighted by Gasteiger charge is -2.37. The van der Waals surface area contributed by atoms with E-state index in [0.717, 1.165) is 69.7 Å². The topological polar surface area (TPSA) is 82.6 Å². The first kappa shape index (κ1) is 34.0. The zero-order valence-corrected chi connectivity index (χ0v) is 27.1. The molecule has 0 aliphatic carbocycles. The van der Waals surface area contributed by atoms with Gasteiger partial charge in [0.2, 0.25) is 0 Å². The normalized spacial score (nSPS) is 14.4. The average Bonchev–Trinajstić information content (AvgIpc) is 2.99. The highest BCUT2D eigenvalue weighted by Gasteiger charge is 2.20. The van der Waals surface area contributed by atoms with Crippen LogP contribution in [-0.4, -0.2) is 68.7 Å². The van der Waals surface area contributed by atoms with Gasteiger partial charge >= 0.3 is 0 Å². The van der Waals surface area contributed by atoms with Crippen molar-refractivity contribution in [3.63, 3.8) is 0 Å². The molecule has 8 heteroatoms. The first-order chi connectivity index (χ1) is 20.3. The Labute approximate surface area is 255 Å². The number of hydrogen-bond donors (Lipinski definition) is 1. The number of carbonyl (C=O) groups is 1. The number of pyridine rings is 1. The molecule has 1 aliphatic heterocycles. The van der Waals surface area contributed by atoms with Crippen molar-refractivity contribution in [2.75, 3.05) is 43.4 Å². The number of unbranched alkanes of at least 4 members (excludes halogenated alkanes) is 11. The molecule has 1 amide bonds. The summed E-state index contributed by atoms with van der Waals surface area (Å²) < 4.78 is 24.8. The lowest BCUT2D eigenvalue weighted by molar-refractivity contribution is 0.0952. The zero-order chi connectivity index (χ0) is 30.2. The highest BCUT2D eigenvalue weighted by Crippen LogP contribution is 2.17. The highest BCUT2D eigenvalue weighted by atomic mass is 32.2. The van der Waals surface area contributed by atoms with Crippen molar-refractivity contribution in [1.29, 1.82) is 0 Å². The molecule has 1 aromatic heterocycles. The van der Waals surface area contributed by atoms with Crippen LogP contribution in [0.1, 0.15) is 107 Å². The van der Waals surface area contributed by atoms with E-state index in [-0.39, 0.29) is 11.7 Å². The molecule has 0 radical (unpaired) electrons. The Morgan fingerprint density at radius 1 is 0.786 bits per heavy atom. The van der Waals surface area contributed by atoms with Crippen molar-refractivity contribution >= 4 is 21.6 Å². The summed E-state index contributed by atoms with van der Waals surface area (Å²) in [5.74, 6) is 1.17. The predicted molar refractivity (Wildman–Crippen MR) is 174 cm³/mol. The number of hydrogen-bond acceptors (Lipinski definition) is 6. The fourth-order valence-corrected chi connectivity index (χ4v) is 6.90. The Hall–Kier alpha value is -2.45. The maximum absolute atomic E-state index is 12.5. The molecular weight excluding hydrogens is 544 g/mol. The number of anilines is 1. The Morgan fingerprint density at radius 3 is 1.86 bits per heavy atom. The number of nitrogens with one attached hydrogen (secondary N) is 1. The van der Waals surface area contributed by atoms with Crippen LogP contribution < -0.4 is 10.2 Å². The SMILES string of the molecule is Cc1ccc(S(=O)(=O)CCCCCCCCCCCCCCNC(=O)c2ccc(N3CCN(C(C)C)CC3)nc2)cc1. The van der Waals surface area contributed by atoms with Gasteiger partial charge in [-0.1, -0.05) is 81.9 Å². The third kappa shape index (κ3) is 12.0. The Balaban J connectivity index is 1.12. The summed E-state index contributed by atoms with van der Waals surface area (Å²) in [4.78, 5) is 22.3. The molecule has 0 saturated carbocycles. The smallest absolute Gasteiger partial charge is 0.252 e. The summed E-state index contributed by atoms with van der Waals surface area (Å²) in [7, 11) is -3.14. The molecule has 234 valence electrons. The molecule has 7 nitrogen and oxygen atoms in total. The second-order valence-electron chi connectivity index (χ2n) is 12.2. The van der Waals surface area contributed by atoms with E-state index in [1.165, 1.54) is 44.9 Å². The maximum atomic E-state index is 12.5. The van der Waals surface area contributed by atoms with Gasteiger partial charge < -0.3 is 10.2 Å². The molecule has 0 unspecified atom stereocenters. The number of nitrogens with zero attached hydrogens (tertiary/aromatic N) is 3. The minimum atomic E-state index is -3.14. The number of rotatable bonds is 19. The molecule has 0 atom stereocenters. The molecule has 0 bridgehead atoms. The predicted octanol–water partition coefficient (Wildman–Crippen LogP) is 6.81. The first-order valence-electron chi connectivity index (χ1n) is 16.3. The van der Waals surface area contributed by atoms with Gasteiger partial charge in [-0.3, -0.25) is 9.69 Å². The first-order valence-corrected chi connectivity index (χ1v) is 17.9. The van der Waals surface area contributed by atoms with Crippen LogP contribution in [0.15, 0.2) is 47.5 Å². The molecule has 1 aromatic carbocycles. The van der Waals surface area contributed by atoms with Crippen molar-refractivity contribution in [1.82, 2.24) is 15.2 Å². The molecule has 1 saturated heterocycles. The average molecular weight is 599 g/mol. The van der Waals surface area contributed by atoms with Crippen molar-refractivity contribution in [2.24, 2.45) is 0 Å². The van der Waals surface area contributed by atoms with Crippen molar-refractivity contribution in [3.05, 3.63) is 53.7 Å². The van der Waals surface area contributed by atoms with Crippen LogP contribution in [0.4, 0.5) is 5.82 Å². The number of sulfone groups is 1. The van der Waals surface area contributed by atoms with Gasteiger partial charge in [0.25, 0.3) is 5.91 Å². The van der Waals surface area contributed by atoms with Crippen LogP contribution in [0.3, 0.4) is 0 Å². The fourth-order valence-electron chi connectivity index (χ4n) is 5.53. The van der Waals surface area contributed by atoms with E-state index >= 15 is 0 Å². The monoisotopic (exact) mass is 598 g/mol. The Kier molecular flexibility index (Phi) is 14.8. The van der Waals surface area contributed by atoms with Crippen LogP contribution >= 0.6 is 0 Å². The molecule has 42 heavy (non-hydrogen) atoms. The lowest BCUT2D eigenvalue weighted by atomic mass is 10.1. The molecular formula is C34H54N4O3S.